The molecule has 0 radical (unpaired) electrons. The molecule has 0 spiro atoms. The predicted octanol–water partition coefficient (Wildman–Crippen LogP) is 14.8. The Balaban J connectivity index is 0.000000441. The van der Waals surface area contributed by atoms with Gasteiger partial charge in [-0.1, -0.05) is 161 Å². The second kappa shape index (κ2) is 20.1. The summed E-state index contributed by atoms with van der Waals surface area (Å²) in [7, 11) is 1.98. The van der Waals surface area contributed by atoms with E-state index in [9.17, 15) is 0 Å². The summed E-state index contributed by atoms with van der Waals surface area (Å²) in [5, 5.41) is 9.95. The summed E-state index contributed by atoms with van der Waals surface area (Å²) in [4.78, 5) is 4.22. The van der Waals surface area contributed by atoms with Crippen molar-refractivity contribution in [3.05, 3.63) is 221 Å². The number of rotatable bonds is 11. The molecule has 0 atom stereocenters. The summed E-state index contributed by atoms with van der Waals surface area (Å²) in [6.07, 6.45) is 12.8. The Bertz CT molecular complexity index is 3190. The molecule has 2 aliphatic heterocycles. The summed E-state index contributed by atoms with van der Waals surface area (Å²) in [5.41, 5.74) is 19.6. The van der Waals surface area contributed by atoms with Crippen molar-refractivity contribution in [3.8, 4) is 45.0 Å². The van der Waals surface area contributed by atoms with Crippen LogP contribution in [0.25, 0.3) is 45.0 Å². The van der Waals surface area contributed by atoms with Crippen molar-refractivity contribution in [2.45, 2.75) is 123 Å². The fourth-order valence-corrected chi connectivity index (χ4v) is 11.3. The van der Waals surface area contributed by atoms with Gasteiger partial charge in [0.15, 0.2) is 0 Å². The van der Waals surface area contributed by atoms with Crippen molar-refractivity contribution in [1.29, 1.82) is 0 Å². The molecule has 5 heterocycles. The number of benzene rings is 6. The van der Waals surface area contributed by atoms with E-state index < -0.39 is 0 Å². The molecule has 7 heteroatoms. The molecule has 0 N–H and O–H groups in total. The predicted molar refractivity (Wildman–Crippen MR) is 295 cm³/mol. The zero-order valence-electron chi connectivity index (χ0n) is 44.6. The molecule has 6 nitrogen and oxygen atoms in total. The van der Waals surface area contributed by atoms with Crippen molar-refractivity contribution < 1.29 is 20.1 Å². The number of imidazole rings is 1. The maximum atomic E-state index is 4.98. The van der Waals surface area contributed by atoms with Gasteiger partial charge in [0.05, 0.1) is 29.6 Å². The normalized spacial score (nSPS) is 15.2. The van der Waals surface area contributed by atoms with E-state index in [0.717, 1.165) is 54.9 Å². The zero-order chi connectivity index (χ0) is 50.6. The quantitative estimate of drug-likeness (QED) is 0.121. The first-order valence-electron chi connectivity index (χ1n) is 25.9. The van der Waals surface area contributed by atoms with Crippen molar-refractivity contribution >= 4 is 0 Å². The number of aromatic nitrogens is 6. The maximum absolute atomic E-state index is 4.98. The number of hydrogen-bond acceptors (Lipinski definition) is 3. The molecule has 0 saturated heterocycles. The molecule has 6 aromatic carbocycles. The van der Waals surface area contributed by atoms with E-state index in [1.54, 1.807) is 6.20 Å². The van der Waals surface area contributed by atoms with Crippen LogP contribution in [0.3, 0.4) is 0 Å². The molecule has 11 rings (SSSR count). The van der Waals surface area contributed by atoms with Gasteiger partial charge in [-0.05, 0) is 75.2 Å². The summed E-state index contributed by atoms with van der Waals surface area (Å²) >= 11 is 0. The Kier molecular flexibility index (Phi) is 14.2. The van der Waals surface area contributed by atoms with E-state index in [4.69, 9.17) is 10.2 Å². The van der Waals surface area contributed by atoms with E-state index in [-0.39, 0.29) is 41.8 Å². The molecule has 0 unspecified atom stereocenters. The molecule has 3 aromatic heterocycles. The molecule has 0 amide bonds. The van der Waals surface area contributed by atoms with E-state index in [1.165, 1.54) is 72.6 Å². The fourth-order valence-electron chi connectivity index (χ4n) is 11.3. The SMILES string of the molecule is CC(C)Cc1cc(CCc2c[c-]c3c(c2)C(C)(C)C(C)(C)c2c(-c4ccccc4)cnn2-3)cc(CCc2c[c-]c3c(c2)C(C)(C)C(C)(C)c2c(-c4ccccc4)cnn2-3)c1.Cn1ccnc1-c1[c-]cccc1.[Ir+3]. The van der Waals surface area contributed by atoms with E-state index >= 15 is 0 Å². The summed E-state index contributed by atoms with van der Waals surface area (Å²) in [6, 6.07) is 56.5. The van der Waals surface area contributed by atoms with Crippen LogP contribution in [0.1, 0.15) is 120 Å². The van der Waals surface area contributed by atoms with Crippen LogP contribution in [0.4, 0.5) is 0 Å². The van der Waals surface area contributed by atoms with Gasteiger partial charge in [0.25, 0.3) is 0 Å². The van der Waals surface area contributed by atoms with Crippen molar-refractivity contribution in [2.75, 3.05) is 0 Å². The van der Waals surface area contributed by atoms with Crippen LogP contribution < -0.4 is 0 Å². The molecule has 372 valence electrons. The van der Waals surface area contributed by atoms with E-state index in [0.29, 0.717) is 5.92 Å². The van der Waals surface area contributed by atoms with E-state index in [2.05, 4.69) is 205 Å². The minimum absolute atomic E-state index is 0. The van der Waals surface area contributed by atoms with Gasteiger partial charge in [0.2, 0.25) is 0 Å². The van der Waals surface area contributed by atoms with Gasteiger partial charge in [0, 0.05) is 41.4 Å². The number of nitrogens with zero attached hydrogens (tertiary/aromatic N) is 6. The molecule has 0 saturated carbocycles. The third kappa shape index (κ3) is 9.45. The van der Waals surface area contributed by atoms with Crippen LogP contribution in [0.5, 0.6) is 0 Å². The number of aryl methyl sites for hydroxylation is 5. The molecule has 2 aliphatic rings. The van der Waals surface area contributed by atoms with Gasteiger partial charge in [-0.25, -0.2) is 0 Å². The van der Waals surface area contributed by atoms with Crippen LogP contribution in [-0.4, -0.2) is 29.1 Å². The first-order chi connectivity index (χ1) is 34.5. The number of fused-ring (bicyclic) bond motifs is 6. The Morgan fingerprint density at radius 1 is 0.521 bits per heavy atom. The van der Waals surface area contributed by atoms with Crippen LogP contribution in [0.15, 0.2) is 152 Å². The zero-order valence-corrected chi connectivity index (χ0v) is 47.0. The third-order valence-corrected chi connectivity index (χ3v) is 16.7. The largest absolute Gasteiger partial charge is 3.00 e. The summed E-state index contributed by atoms with van der Waals surface area (Å²) in [5.74, 6) is 1.55. The average Bonchev–Trinajstić information content (AvgIpc) is 4.15. The van der Waals surface area contributed by atoms with Gasteiger partial charge in [-0.15, -0.1) is 47.0 Å². The van der Waals surface area contributed by atoms with Gasteiger partial charge < -0.3 is 4.57 Å². The maximum Gasteiger partial charge on any atom is 3.00 e. The van der Waals surface area contributed by atoms with Gasteiger partial charge in [-0.2, -0.15) is 57.7 Å². The van der Waals surface area contributed by atoms with Crippen molar-refractivity contribution in [3.63, 3.8) is 0 Å². The minimum Gasteiger partial charge on any atom is -0.373 e. The topological polar surface area (TPSA) is 53.5 Å². The monoisotopic (exact) mass is 1140 g/mol. The second-order valence-electron chi connectivity index (χ2n) is 22.8. The molecule has 73 heavy (non-hydrogen) atoms. The Morgan fingerprint density at radius 2 is 0.973 bits per heavy atom. The second-order valence-corrected chi connectivity index (χ2v) is 22.8. The molecule has 9 aromatic rings. The van der Waals surface area contributed by atoms with Crippen LogP contribution in [0, 0.1) is 24.1 Å². The van der Waals surface area contributed by atoms with Crippen LogP contribution in [0.2, 0.25) is 0 Å². The van der Waals surface area contributed by atoms with E-state index in [1.807, 2.05) is 54.5 Å². The molecular formula is C66H69IrN6. The average molecular weight is 1140 g/mol. The van der Waals surface area contributed by atoms with Crippen molar-refractivity contribution in [2.24, 2.45) is 13.0 Å². The Hall–Kier alpha value is -6.40. The first kappa shape index (κ1) is 51.5. The van der Waals surface area contributed by atoms with Crippen molar-refractivity contribution in [1.82, 2.24) is 29.1 Å². The minimum atomic E-state index is -0.149. The van der Waals surface area contributed by atoms with Gasteiger partial charge >= 0.3 is 20.1 Å². The fraction of sp³-hybridized carbons (Fsp3) is 0.318. The van der Waals surface area contributed by atoms with Gasteiger partial charge in [0.1, 0.15) is 0 Å². The molecule has 0 aliphatic carbocycles. The smallest absolute Gasteiger partial charge is 0.373 e. The number of hydrogen-bond donors (Lipinski definition) is 0. The molecule has 0 fully saturated rings. The first-order valence-corrected chi connectivity index (χ1v) is 25.9. The summed E-state index contributed by atoms with van der Waals surface area (Å²) in [6.45, 7) is 23.8. The van der Waals surface area contributed by atoms with Crippen LogP contribution >= 0.6 is 0 Å². The Labute approximate surface area is 448 Å². The Morgan fingerprint density at radius 3 is 1.40 bits per heavy atom. The van der Waals surface area contributed by atoms with Gasteiger partial charge in [-0.3, -0.25) is 14.3 Å². The standard InChI is InChI=1S/C56H60N4.C10H9N2.Ir/c1-37(2)29-42-31-40(23-21-38-25-27-49-47(33-38)53(3,4)55(7,8)51-45(35-57-59(49)51)43-17-13-11-14-18-43)30-41(32-42)24-22-39-26-28-50-48(34-39)54(5,6)56(9,10)52-46(36-58-60(50)52)44-19-15-12-16-20-44;1-12-8-7-11-10(12)9-5-3-2-4-6-9;/h11-20,25-26,30-37H,21-24,29H2,1-10H3;2-5,7-8H,1H3;/q-2;-1;+3. The third-order valence-electron chi connectivity index (χ3n) is 16.7. The molecular weight excluding hydrogens is 1070 g/mol. The molecule has 0 bridgehead atoms. The van der Waals surface area contributed by atoms with Crippen LogP contribution in [-0.2, 0) is 80.9 Å². The summed E-state index contributed by atoms with van der Waals surface area (Å²) < 4.78 is 6.30.